The number of aryl methyl sites for hydroxylation is 2. The van der Waals surface area contributed by atoms with Crippen LogP contribution in [0.2, 0.25) is 0 Å². The van der Waals surface area contributed by atoms with Gasteiger partial charge in [-0.15, -0.1) is 5.10 Å². The minimum absolute atomic E-state index is 0.276. The molecule has 0 spiro atoms. The Kier molecular flexibility index (Phi) is 2.82. The molecule has 0 bridgehead atoms. The van der Waals surface area contributed by atoms with E-state index in [-0.39, 0.29) is 5.95 Å². The summed E-state index contributed by atoms with van der Waals surface area (Å²) in [5.41, 5.74) is 10.8. The van der Waals surface area contributed by atoms with Crippen molar-refractivity contribution in [3.05, 3.63) is 41.6 Å². The van der Waals surface area contributed by atoms with Gasteiger partial charge in [-0.1, -0.05) is 11.6 Å². The quantitative estimate of drug-likeness (QED) is 0.776. The summed E-state index contributed by atoms with van der Waals surface area (Å²) >= 11 is 0. The van der Waals surface area contributed by atoms with Gasteiger partial charge in [0, 0.05) is 17.3 Å². The molecule has 0 saturated heterocycles. The molecule has 0 atom stereocenters. The van der Waals surface area contributed by atoms with E-state index in [9.17, 15) is 0 Å². The van der Waals surface area contributed by atoms with Gasteiger partial charge in [-0.3, -0.25) is 0 Å². The molecule has 0 amide bonds. The summed E-state index contributed by atoms with van der Waals surface area (Å²) in [6.07, 6.45) is 1.94. The zero-order valence-electron chi connectivity index (χ0n) is 11.7. The Morgan fingerprint density at radius 3 is 2.70 bits per heavy atom. The molecule has 20 heavy (non-hydrogen) atoms. The lowest BCUT2D eigenvalue weighted by molar-refractivity contribution is 0.416. The maximum atomic E-state index is 5.64. The van der Waals surface area contributed by atoms with Crippen molar-refractivity contribution in [2.24, 2.45) is 0 Å². The van der Waals surface area contributed by atoms with Crippen LogP contribution in [0.5, 0.6) is 5.75 Å². The first-order valence-corrected chi connectivity index (χ1v) is 6.36. The standard InChI is InChI=1S/C15H16N4O/c1-9-4-5-13(20-3)11(6-9)12-8-19-14(7-10(12)2)17-15(16)18-19/h4-8H,1-3H3,(H2,16,18). The Morgan fingerprint density at radius 1 is 1.15 bits per heavy atom. The van der Waals surface area contributed by atoms with Crippen LogP contribution < -0.4 is 10.5 Å². The third kappa shape index (κ3) is 1.97. The van der Waals surface area contributed by atoms with Gasteiger partial charge < -0.3 is 10.5 Å². The highest BCUT2D eigenvalue weighted by atomic mass is 16.5. The number of aromatic nitrogens is 3. The molecule has 0 fully saturated rings. The summed E-state index contributed by atoms with van der Waals surface area (Å²) in [7, 11) is 1.68. The Bertz CT molecular complexity index is 792. The molecule has 1 aromatic carbocycles. The number of pyridine rings is 1. The molecular formula is C15H16N4O. The number of anilines is 1. The fourth-order valence-electron chi connectivity index (χ4n) is 2.36. The van der Waals surface area contributed by atoms with Gasteiger partial charge in [0.05, 0.1) is 7.11 Å². The number of ether oxygens (including phenoxy) is 1. The summed E-state index contributed by atoms with van der Waals surface area (Å²) in [4.78, 5) is 4.17. The highest BCUT2D eigenvalue weighted by Gasteiger charge is 2.11. The average Bonchev–Trinajstić information content (AvgIpc) is 2.76. The number of hydrogen-bond acceptors (Lipinski definition) is 4. The fraction of sp³-hybridized carbons (Fsp3) is 0.200. The number of nitrogens with two attached hydrogens (primary N) is 1. The molecule has 3 rings (SSSR count). The first kappa shape index (κ1) is 12.5. The number of hydrogen-bond donors (Lipinski definition) is 1. The van der Waals surface area contributed by atoms with Gasteiger partial charge in [0.1, 0.15) is 5.75 Å². The van der Waals surface area contributed by atoms with Crippen LogP contribution in [-0.2, 0) is 0 Å². The van der Waals surface area contributed by atoms with E-state index >= 15 is 0 Å². The lowest BCUT2D eigenvalue weighted by atomic mass is 10.00. The van der Waals surface area contributed by atoms with E-state index in [0.29, 0.717) is 0 Å². The first-order valence-electron chi connectivity index (χ1n) is 6.36. The summed E-state index contributed by atoms with van der Waals surface area (Å²) in [6, 6.07) is 8.08. The Hall–Kier alpha value is -2.56. The molecule has 5 heteroatoms. The molecule has 2 N–H and O–H groups in total. The van der Waals surface area contributed by atoms with Crippen LogP contribution in [0, 0.1) is 13.8 Å². The van der Waals surface area contributed by atoms with Gasteiger partial charge in [0.25, 0.3) is 0 Å². The highest BCUT2D eigenvalue weighted by molar-refractivity contribution is 5.74. The van der Waals surface area contributed by atoms with Gasteiger partial charge in [-0.2, -0.15) is 4.98 Å². The smallest absolute Gasteiger partial charge is 0.240 e. The van der Waals surface area contributed by atoms with E-state index in [1.807, 2.05) is 31.3 Å². The zero-order chi connectivity index (χ0) is 14.3. The molecule has 2 aromatic heterocycles. The largest absolute Gasteiger partial charge is 0.496 e. The zero-order valence-corrected chi connectivity index (χ0v) is 11.7. The number of methoxy groups -OCH3 is 1. The van der Waals surface area contributed by atoms with E-state index in [4.69, 9.17) is 10.5 Å². The van der Waals surface area contributed by atoms with Crippen molar-refractivity contribution in [1.29, 1.82) is 0 Å². The van der Waals surface area contributed by atoms with E-state index in [1.54, 1.807) is 11.6 Å². The highest BCUT2D eigenvalue weighted by Crippen LogP contribution is 2.33. The number of benzene rings is 1. The molecule has 0 aliphatic rings. The number of nitrogens with zero attached hydrogens (tertiary/aromatic N) is 3. The van der Waals surface area contributed by atoms with Crippen molar-refractivity contribution in [3.63, 3.8) is 0 Å². The van der Waals surface area contributed by atoms with E-state index < -0.39 is 0 Å². The van der Waals surface area contributed by atoms with Crippen LogP contribution in [0.4, 0.5) is 5.95 Å². The van der Waals surface area contributed by atoms with Crippen molar-refractivity contribution in [2.45, 2.75) is 13.8 Å². The Morgan fingerprint density at radius 2 is 1.95 bits per heavy atom. The molecular weight excluding hydrogens is 252 g/mol. The molecule has 5 nitrogen and oxygen atoms in total. The van der Waals surface area contributed by atoms with Gasteiger partial charge in [0.2, 0.25) is 5.95 Å². The van der Waals surface area contributed by atoms with Crippen molar-refractivity contribution in [3.8, 4) is 16.9 Å². The minimum atomic E-state index is 0.276. The van der Waals surface area contributed by atoms with Crippen LogP contribution in [0.25, 0.3) is 16.8 Å². The second kappa shape index (κ2) is 4.52. The van der Waals surface area contributed by atoms with Gasteiger partial charge in [-0.25, -0.2) is 4.52 Å². The van der Waals surface area contributed by atoms with Crippen LogP contribution >= 0.6 is 0 Å². The van der Waals surface area contributed by atoms with Crippen molar-refractivity contribution in [2.75, 3.05) is 12.8 Å². The van der Waals surface area contributed by atoms with E-state index in [2.05, 4.69) is 23.1 Å². The molecule has 0 aliphatic heterocycles. The number of nitrogen functional groups attached to an aromatic ring is 1. The van der Waals surface area contributed by atoms with Crippen LogP contribution in [0.15, 0.2) is 30.5 Å². The third-order valence-corrected chi connectivity index (χ3v) is 3.34. The average molecular weight is 268 g/mol. The van der Waals surface area contributed by atoms with Crippen LogP contribution in [-0.4, -0.2) is 21.7 Å². The molecule has 102 valence electrons. The second-order valence-corrected chi connectivity index (χ2v) is 4.85. The fourth-order valence-corrected chi connectivity index (χ4v) is 2.36. The Labute approximate surface area is 117 Å². The maximum Gasteiger partial charge on any atom is 0.240 e. The monoisotopic (exact) mass is 268 g/mol. The van der Waals surface area contributed by atoms with Crippen molar-refractivity contribution in [1.82, 2.24) is 14.6 Å². The molecule has 0 aliphatic carbocycles. The Balaban J connectivity index is 2.28. The lowest BCUT2D eigenvalue weighted by Crippen LogP contribution is -1.95. The number of rotatable bonds is 2. The summed E-state index contributed by atoms with van der Waals surface area (Å²) in [5, 5.41) is 4.16. The predicted octanol–water partition coefficient (Wildman–Crippen LogP) is 2.60. The van der Waals surface area contributed by atoms with E-state index in [0.717, 1.165) is 28.1 Å². The maximum absolute atomic E-state index is 5.64. The van der Waals surface area contributed by atoms with Crippen molar-refractivity contribution >= 4 is 11.6 Å². The normalized spacial score (nSPS) is 10.9. The van der Waals surface area contributed by atoms with Gasteiger partial charge >= 0.3 is 0 Å². The van der Waals surface area contributed by atoms with Crippen molar-refractivity contribution < 1.29 is 4.74 Å². The SMILES string of the molecule is COc1ccc(C)cc1-c1cn2nc(N)nc2cc1C. The van der Waals surface area contributed by atoms with Gasteiger partial charge in [-0.05, 0) is 37.6 Å². The van der Waals surface area contributed by atoms with Crippen LogP contribution in [0.1, 0.15) is 11.1 Å². The van der Waals surface area contributed by atoms with E-state index in [1.165, 1.54) is 5.56 Å². The summed E-state index contributed by atoms with van der Waals surface area (Å²) in [6.45, 7) is 4.10. The lowest BCUT2D eigenvalue weighted by Gasteiger charge is -2.12. The summed E-state index contributed by atoms with van der Waals surface area (Å²) < 4.78 is 7.15. The predicted molar refractivity (Wildman–Crippen MR) is 78.9 cm³/mol. The molecule has 2 heterocycles. The molecule has 0 radical (unpaired) electrons. The summed E-state index contributed by atoms with van der Waals surface area (Å²) in [5.74, 6) is 1.11. The third-order valence-electron chi connectivity index (χ3n) is 3.34. The van der Waals surface area contributed by atoms with Crippen LogP contribution in [0.3, 0.4) is 0 Å². The molecule has 0 saturated carbocycles. The minimum Gasteiger partial charge on any atom is -0.496 e. The number of fused-ring (bicyclic) bond motifs is 1. The second-order valence-electron chi connectivity index (χ2n) is 4.85. The molecule has 3 aromatic rings. The topological polar surface area (TPSA) is 65.4 Å². The first-order chi connectivity index (χ1) is 9.58. The molecule has 0 unspecified atom stereocenters. The van der Waals surface area contributed by atoms with Gasteiger partial charge in [0.15, 0.2) is 5.65 Å².